The molecule has 0 aliphatic carbocycles. The maximum atomic E-state index is 14.4. The first-order chi connectivity index (χ1) is 36.4. The van der Waals surface area contributed by atoms with E-state index in [1.165, 1.54) is 6.92 Å². The zero-order valence-corrected chi connectivity index (χ0v) is 44.0. The second kappa shape index (κ2) is 34.0. The van der Waals surface area contributed by atoms with Gasteiger partial charge in [0.15, 0.2) is 0 Å². The molecule has 0 spiro atoms. The number of aliphatic carboxylic acids is 1. The van der Waals surface area contributed by atoms with E-state index in [9.17, 15) is 63.0 Å². The second-order valence-corrected chi connectivity index (χ2v) is 19.1. The van der Waals surface area contributed by atoms with E-state index in [0.29, 0.717) is 5.56 Å². The van der Waals surface area contributed by atoms with Crippen molar-refractivity contribution in [3.8, 4) is 0 Å². The molecule has 29 nitrogen and oxygen atoms in total. The van der Waals surface area contributed by atoms with Crippen LogP contribution < -0.4 is 81.8 Å². The molecule has 1 fully saturated rings. The van der Waals surface area contributed by atoms with E-state index in [4.69, 9.17) is 33.8 Å². The van der Waals surface area contributed by atoms with Crippen LogP contribution in [0.3, 0.4) is 0 Å². The highest BCUT2D eigenvalue weighted by Crippen LogP contribution is 2.11. The Morgan fingerprint density at radius 1 is 0.610 bits per heavy atom. The van der Waals surface area contributed by atoms with Crippen molar-refractivity contribution in [3.05, 3.63) is 35.9 Å². The fourth-order valence-electron chi connectivity index (χ4n) is 7.85. The predicted octanol–water partition coefficient (Wildman–Crippen LogP) is -7.49. The van der Waals surface area contributed by atoms with Crippen LogP contribution in [0.15, 0.2) is 30.3 Å². The predicted molar refractivity (Wildman–Crippen MR) is 277 cm³/mol. The zero-order chi connectivity index (χ0) is 57.9. The van der Waals surface area contributed by atoms with Crippen LogP contribution in [-0.2, 0) is 59.2 Å². The first kappa shape index (κ1) is 66.2. The number of carboxylic acids is 1. The van der Waals surface area contributed by atoms with E-state index in [2.05, 4.69) is 53.2 Å². The molecule has 1 aromatic rings. The maximum Gasteiger partial charge on any atom is 0.303 e. The minimum atomic E-state index is -1.73. The average molecular weight is 1090 g/mol. The molecule has 0 radical (unpaired) electrons. The van der Waals surface area contributed by atoms with Gasteiger partial charge in [0, 0.05) is 19.4 Å². The third-order valence-electron chi connectivity index (χ3n) is 12.1. The van der Waals surface area contributed by atoms with Crippen molar-refractivity contribution in [2.24, 2.45) is 34.6 Å². The van der Waals surface area contributed by atoms with Gasteiger partial charge < -0.3 is 97.2 Å². The van der Waals surface area contributed by atoms with Gasteiger partial charge in [-0.25, -0.2) is 0 Å². The molecule has 0 aromatic heterocycles. The van der Waals surface area contributed by atoms with Crippen LogP contribution in [0.5, 0.6) is 0 Å². The van der Waals surface area contributed by atoms with Gasteiger partial charge in [-0.05, 0) is 96.5 Å². The first-order valence-corrected chi connectivity index (χ1v) is 25.6. The number of nitrogens with one attached hydrogen (secondary N) is 10. The van der Waals surface area contributed by atoms with E-state index in [-0.39, 0.29) is 77.0 Å². The second-order valence-electron chi connectivity index (χ2n) is 19.1. The van der Waals surface area contributed by atoms with Crippen molar-refractivity contribution < 1.29 is 68.1 Å². The number of hydrogen-bond acceptors (Lipinski definition) is 18. The first-order valence-electron chi connectivity index (χ1n) is 25.6. The Kier molecular flexibility index (Phi) is 29.2. The summed E-state index contributed by atoms with van der Waals surface area (Å²) in [6, 6.07) is -6.57. The summed E-state index contributed by atoms with van der Waals surface area (Å²) in [5.74, 6) is -11.1. The van der Waals surface area contributed by atoms with Crippen molar-refractivity contribution in [2.45, 2.75) is 158 Å². The van der Waals surface area contributed by atoms with Gasteiger partial charge in [-0.3, -0.25) is 52.7 Å². The fraction of sp³-hybridized carbons (Fsp3) is 0.646. The lowest BCUT2D eigenvalue weighted by molar-refractivity contribution is -0.138. The largest absolute Gasteiger partial charge is 0.481 e. The molecular weight excluding hydrogens is 1010 g/mol. The number of carbonyl (C=O) groups excluding carboxylic acids is 10. The molecule has 77 heavy (non-hydrogen) atoms. The minimum Gasteiger partial charge on any atom is -0.481 e. The van der Waals surface area contributed by atoms with Crippen molar-refractivity contribution in [1.82, 2.24) is 53.2 Å². The van der Waals surface area contributed by atoms with Gasteiger partial charge in [-0.15, -0.1) is 0 Å². The Morgan fingerprint density at radius 3 is 1.60 bits per heavy atom. The normalized spacial score (nSPS) is 23.6. The number of carboxylic acid groups (broad SMARTS) is 1. The van der Waals surface area contributed by atoms with Gasteiger partial charge in [0.05, 0.1) is 18.2 Å². The van der Waals surface area contributed by atoms with Crippen LogP contribution in [0.25, 0.3) is 0 Å². The van der Waals surface area contributed by atoms with Crippen LogP contribution in [-0.4, -0.2) is 186 Å². The molecule has 29 heteroatoms. The van der Waals surface area contributed by atoms with Crippen LogP contribution in [0.2, 0.25) is 0 Å². The van der Waals surface area contributed by atoms with Crippen molar-refractivity contribution in [3.63, 3.8) is 0 Å². The van der Waals surface area contributed by atoms with Gasteiger partial charge in [0.2, 0.25) is 59.1 Å². The SMILES string of the molecule is CC(C)C[C@@H]1NC(=O)[C@@H](Cc2ccccc2)NC(=O)[C@H](CCN)NC(=O)[C@@H](NC(=O)[C@H](CCN)NC(=O)[C@@H](NC(=O)[C@@H](N)CCC(=O)O)[C@@H](C)O)CCNC(=O)[C@H]([C@@H](C)O)NC(=O)[C@H](CCN)NC(=O)[C@H](CCN)NC1=O. The summed E-state index contributed by atoms with van der Waals surface area (Å²) in [7, 11) is 0. The van der Waals surface area contributed by atoms with E-state index in [0.717, 1.165) is 6.92 Å². The molecule has 1 saturated heterocycles. The van der Waals surface area contributed by atoms with Crippen molar-refractivity contribution in [1.29, 1.82) is 0 Å². The van der Waals surface area contributed by atoms with Crippen LogP contribution >= 0.6 is 0 Å². The maximum absolute atomic E-state index is 14.4. The molecule has 12 atom stereocenters. The molecule has 0 saturated carbocycles. The van der Waals surface area contributed by atoms with Gasteiger partial charge in [-0.1, -0.05) is 44.2 Å². The van der Waals surface area contributed by atoms with E-state index in [1.54, 1.807) is 44.2 Å². The number of nitrogens with two attached hydrogens (primary N) is 5. The molecule has 2 rings (SSSR count). The average Bonchev–Trinajstić information content (AvgIpc) is 3.36. The third kappa shape index (κ3) is 23.1. The smallest absolute Gasteiger partial charge is 0.303 e. The topological polar surface area (TPSA) is 499 Å². The quantitative estimate of drug-likeness (QED) is 0.0484. The number of aliphatic hydroxyl groups is 2. The number of hydrogen-bond donors (Lipinski definition) is 18. The summed E-state index contributed by atoms with van der Waals surface area (Å²) in [5.41, 5.74) is 29.7. The number of amides is 10. The highest BCUT2D eigenvalue weighted by Gasteiger charge is 2.37. The molecule has 1 aromatic carbocycles. The summed E-state index contributed by atoms with van der Waals surface area (Å²) in [4.78, 5) is 150. The lowest BCUT2D eigenvalue weighted by Crippen LogP contribution is -2.61. The molecule has 1 aliphatic rings. The summed E-state index contributed by atoms with van der Waals surface area (Å²) in [5, 5.41) is 55.1. The van der Waals surface area contributed by atoms with E-state index >= 15 is 0 Å². The van der Waals surface area contributed by atoms with Gasteiger partial charge in [-0.2, -0.15) is 0 Å². The Hall–Kier alpha value is -6.89. The molecule has 1 heterocycles. The standard InChI is InChI=1S/C48H81N15O14/c1-24(2)22-34-45(74)57-29(12-17-49)40(69)56-32(15-20-52)44(73)63-37(25(3)64)47(76)54-21-16-33(43(72)55-30(13-18-50)42(71)61-35(46(75)60-34)23-27-8-6-5-7-9-27)58-41(70)31(14-19-51)59-48(77)38(26(4)65)62-39(68)28(53)10-11-36(66)67/h5-9,24-26,28-35,37-38,64-65H,10-23,49-53H2,1-4H3,(H,54,76)(H,55,72)(H,56,69)(H,57,74)(H,58,70)(H,59,77)(H,60,75)(H,61,71)(H,62,68)(H,63,73)(H,66,67)/t25-,26-,28+,29+,30+,31+,32+,33+,34+,35-,37+,38+/m1/s1. The lowest BCUT2D eigenvalue weighted by atomic mass is 10.00. The molecule has 0 bridgehead atoms. The summed E-state index contributed by atoms with van der Waals surface area (Å²) < 4.78 is 0. The number of benzene rings is 1. The Balaban J connectivity index is 2.73. The summed E-state index contributed by atoms with van der Waals surface area (Å²) in [6.07, 6.45) is -5.36. The zero-order valence-electron chi connectivity index (χ0n) is 44.0. The number of aliphatic hydroxyl groups excluding tert-OH is 2. The molecule has 0 unspecified atom stereocenters. The van der Waals surface area contributed by atoms with Crippen molar-refractivity contribution in [2.75, 3.05) is 32.7 Å². The van der Waals surface area contributed by atoms with Crippen LogP contribution in [0.1, 0.15) is 84.6 Å². The number of carbonyl (C=O) groups is 11. The third-order valence-corrected chi connectivity index (χ3v) is 12.1. The molecule has 23 N–H and O–H groups in total. The number of rotatable bonds is 23. The highest BCUT2D eigenvalue weighted by atomic mass is 16.4. The summed E-state index contributed by atoms with van der Waals surface area (Å²) >= 11 is 0. The van der Waals surface area contributed by atoms with Gasteiger partial charge in [0.1, 0.15) is 54.4 Å². The molecule has 10 amide bonds. The fourth-order valence-corrected chi connectivity index (χ4v) is 7.85. The highest BCUT2D eigenvalue weighted by molar-refractivity contribution is 5.99. The van der Waals surface area contributed by atoms with E-state index in [1.807, 2.05) is 0 Å². The Morgan fingerprint density at radius 2 is 1.10 bits per heavy atom. The van der Waals surface area contributed by atoms with Gasteiger partial charge in [0.25, 0.3) is 0 Å². The molecular formula is C48H81N15O14. The van der Waals surface area contributed by atoms with Crippen molar-refractivity contribution >= 4 is 65.0 Å². The minimum absolute atomic E-state index is 0.0406. The lowest BCUT2D eigenvalue weighted by Gasteiger charge is -2.28. The summed E-state index contributed by atoms with van der Waals surface area (Å²) in [6.45, 7) is 4.70. The Bertz CT molecular complexity index is 2150. The molecule has 432 valence electrons. The van der Waals surface area contributed by atoms with Crippen LogP contribution in [0, 0.1) is 5.92 Å². The van der Waals surface area contributed by atoms with Gasteiger partial charge >= 0.3 is 5.97 Å². The molecule has 1 aliphatic heterocycles. The Labute approximate surface area is 446 Å². The monoisotopic (exact) mass is 1090 g/mol. The van der Waals surface area contributed by atoms with Crippen LogP contribution in [0.4, 0.5) is 0 Å². The van der Waals surface area contributed by atoms with E-state index < -0.39 is 157 Å².